The fourth-order valence-corrected chi connectivity index (χ4v) is 4.30. The smallest absolute Gasteiger partial charge is 0.219 e. The van der Waals surface area contributed by atoms with Gasteiger partial charge in [0.05, 0.1) is 25.4 Å². The first-order chi connectivity index (χ1) is 15.7. The minimum absolute atomic E-state index is 0.188. The van der Waals surface area contributed by atoms with Crippen molar-refractivity contribution in [2.24, 2.45) is 0 Å². The lowest BCUT2D eigenvalue weighted by molar-refractivity contribution is -0.121. The van der Waals surface area contributed by atoms with Crippen LogP contribution in [0.1, 0.15) is 128 Å². The third-order valence-electron chi connectivity index (χ3n) is 6.67. The van der Waals surface area contributed by atoms with Crippen LogP contribution in [0.3, 0.4) is 0 Å². The molecule has 0 aliphatic carbocycles. The molecule has 0 aromatic carbocycles. The van der Waals surface area contributed by atoms with Crippen LogP contribution in [0.15, 0.2) is 0 Å². The normalized spacial score (nSPS) is 19.1. The fraction of sp³-hybridized carbons (Fsp3) is 0.926. The molecule has 1 amide bonds. The van der Waals surface area contributed by atoms with Gasteiger partial charge in [-0.05, 0) is 38.5 Å². The van der Waals surface area contributed by atoms with E-state index in [1.165, 1.54) is 70.6 Å². The van der Waals surface area contributed by atoms with Crippen molar-refractivity contribution in [3.63, 3.8) is 0 Å². The van der Waals surface area contributed by atoms with Crippen molar-refractivity contribution in [2.75, 3.05) is 19.8 Å². The second kappa shape index (κ2) is 18.5. The SMILES string of the molecule is O=C(CCCCCCCCC1CO1)CCCCCNC(=O)CCCCCCCCC1CO1. The number of unbranched alkanes of at least 4 members (excludes halogenated alkanes) is 12. The van der Waals surface area contributed by atoms with Gasteiger partial charge in [0.15, 0.2) is 0 Å². The quantitative estimate of drug-likeness (QED) is 0.139. The lowest BCUT2D eigenvalue weighted by atomic mass is 10.0. The van der Waals surface area contributed by atoms with Crippen molar-refractivity contribution in [1.29, 1.82) is 0 Å². The molecule has 2 aliphatic rings. The second-order valence-electron chi connectivity index (χ2n) is 9.93. The maximum atomic E-state index is 12.0. The van der Waals surface area contributed by atoms with E-state index in [2.05, 4.69) is 5.32 Å². The highest BCUT2D eigenvalue weighted by atomic mass is 16.6. The van der Waals surface area contributed by atoms with Crippen molar-refractivity contribution in [3.05, 3.63) is 0 Å². The summed E-state index contributed by atoms with van der Waals surface area (Å²) in [6.07, 6.45) is 23.4. The van der Waals surface area contributed by atoms with Crippen molar-refractivity contribution in [2.45, 2.75) is 141 Å². The molecule has 5 heteroatoms. The first-order valence-corrected chi connectivity index (χ1v) is 13.8. The Morgan fingerprint density at radius 1 is 0.562 bits per heavy atom. The number of nitrogens with one attached hydrogen (secondary N) is 1. The Labute approximate surface area is 196 Å². The van der Waals surface area contributed by atoms with E-state index in [0.29, 0.717) is 30.8 Å². The molecule has 0 spiro atoms. The van der Waals surface area contributed by atoms with Crippen LogP contribution in [0.25, 0.3) is 0 Å². The number of amides is 1. The Morgan fingerprint density at radius 2 is 0.969 bits per heavy atom. The predicted molar refractivity (Wildman–Crippen MR) is 130 cm³/mol. The van der Waals surface area contributed by atoms with Crippen LogP contribution >= 0.6 is 0 Å². The molecule has 0 aromatic rings. The Kier molecular flexibility index (Phi) is 15.8. The van der Waals surface area contributed by atoms with Crippen LogP contribution < -0.4 is 5.32 Å². The molecular weight excluding hydrogens is 402 g/mol. The number of Topliss-reactive ketones (excluding diaryl/α,β-unsaturated/α-hetero) is 1. The minimum Gasteiger partial charge on any atom is -0.373 e. The molecule has 0 saturated carbocycles. The number of hydrogen-bond donors (Lipinski definition) is 1. The molecule has 0 aromatic heterocycles. The summed E-state index contributed by atoms with van der Waals surface area (Å²) in [5, 5.41) is 3.03. The van der Waals surface area contributed by atoms with Gasteiger partial charge < -0.3 is 14.8 Å². The number of carbonyl (C=O) groups excluding carboxylic acids is 2. The Bertz CT molecular complexity index is 444. The minimum atomic E-state index is 0.188. The predicted octanol–water partition coefficient (Wildman–Crippen LogP) is 6.27. The van der Waals surface area contributed by atoms with E-state index >= 15 is 0 Å². The zero-order valence-electron chi connectivity index (χ0n) is 20.6. The van der Waals surface area contributed by atoms with Crippen LogP contribution in [0, 0.1) is 0 Å². The van der Waals surface area contributed by atoms with Gasteiger partial charge in [0.25, 0.3) is 0 Å². The molecule has 2 fully saturated rings. The average Bonchev–Trinajstić information content (AvgIpc) is 3.70. The first kappa shape index (κ1) is 27.3. The van der Waals surface area contributed by atoms with E-state index < -0.39 is 0 Å². The van der Waals surface area contributed by atoms with Gasteiger partial charge in [0.2, 0.25) is 5.91 Å². The van der Waals surface area contributed by atoms with E-state index in [0.717, 1.165) is 64.7 Å². The molecule has 2 unspecified atom stereocenters. The Hall–Kier alpha value is -0.940. The van der Waals surface area contributed by atoms with Gasteiger partial charge >= 0.3 is 0 Å². The summed E-state index contributed by atoms with van der Waals surface area (Å²) in [7, 11) is 0. The van der Waals surface area contributed by atoms with Gasteiger partial charge in [-0.2, -0.15) is 0 Å². The molecule has 1 N–H and O–H groups in total. The number of rotatable bonds is 24. The summed E-state index contributed by atoms with van der Waals surface area (Å²) in [4.78, 5) is 23.9. The molecule has 186 valence electrons. The number of carbonyl (C=O) groups is 2. The summed E-state index contributed by atoms with van der Waals surface area (Å²) in [5.74, 6) is 0.605. The molecule has 2 atom stereocenters. The summed E-state index contributed by atoms with van der Waals surface area (Å²) in [6, 6.07) is 0. The van der Waals surface area contributed by atoms with E-state index in [9.17, 15) is 9.59 Å². The van der Waals surface area contributed by atoms with Gasteiger partial charge in [0.1, 0.15) is 5.78 Å². The van der Waals surface area contributed by atoms with Gasteiger partial charge in [-0.25, -0.2) is 0 Å². The molecule has 5 nitrogen and oxygen atoms in total. The van der Waals surface area contributed by atoms with Gasteiger partial charge in [-0.3, -0.25) is 9.59 Å². The van der Waals surface area contributed by atoms with E-state index in [1.54, 1.807) is 0 Å². The highest BCUT2D eigenvalue weighted by Gasteiger charge is 2.21. The highest BCUT2D eigenvalue weighted by Crippen LogP contribution is 2.19. The number of epoxide rings is 2. The van der Waals surface area contributed by atoms with Crippen molar-refractivity contribution < 1.29 is 19.1 Å². The molecule has 0 bridgehead atoms. The fourth-order valence-electron chi connectivity index (χ4n) is 4.30. The molecular formula is C27H49NO4. The van der Waals surface area contributed by atoms with Crippen LogP contribution in [0.4, 0.5) is 0 Å². The maximum absolute atomic E-state index is 12.0. The summed E-state index contributed by atoms with van der Waals surface area (Å²) >= 11 is 0. The first-order valence-electron chi connectivity index (χ1n) is 13.8. The lowest BCUT2D eigenvalue weighted by Gasteiger charge is -2.06. The van der Waals surface area contributed by atoms with Crippen LogP contribution in [-0.4, -0.2) is 43.7 Å². The van der Waals surface area contributed by atoms with Crippen LogP contribution in [0.5, 0.6) is 0 Å². The third-order valence-corrected chi connectivity index (χ3v) is 6.67. The average molecular weight is 452 g/mol. The zero-order valence-corrected chi connectivity index (χ0v) is 20.6. The topological polar surface area (TPSA) is 71.2 Å². The Morgan fingerprint density at radius 3 is 1.47 bits per heavy atom. The summed E-state index contributed by atoms with van der Waals surface area (Å²) < 4.78 is 10.4. The van der Waals surface area contributed by atoms with Gasteiger partial charge in [0, 0.05) is 25.8 Å². The second-order valence-corrected chi connectivity index (χ2v) is 9.93. The van der Waals surface area contributed by atoms with E-state index in [-0.39, 0.29) is 5.91 Å². The lowest BCUT2D eigenvalue weighted by Crippen LogP contribution is -2.23. The molecule has 2 rings (SSSR count). The van der Waals surface area contributed by atoms with Gasteiger partial charge in [-0.15, -0.1) is 0 Å². The van der Waals surface area contributed by atoms with Crippen molar-refractivity contribution in [3.8, 4) is 0 Å². The third kappa shape index (κ3) is 17.6. The van der Waals surface area contributed by atoms with Crippen LogP contribution in [-0.2, 0) is 19.1 Å². The number of hydrogen-bond acceptors (Lipinski definition) is 4. The largest absolute Gasteiger partial charge is 0.373 e. The number of ether oxygens (including phenoxy) is 2. The maximum Gasteiger partial charge on any atom is 0.219 e. The van der Waals surface area contributed by atoms with Gasteiger partial charge in [-0.1, -0.05) is 70.6 Å². The summed E-state index contributed by atoms with van der Waals surface area (Å²) in [5.41, 5.74) is 0. The molecule has 32 heavy (non-hydrogen) atoms. The van der Waals surface area contributed by atoms with E-state index in [4.69, 9.17) is 9.47 Å². The monoisotopic (exact) mass is 451 g/mol. The molecule has 2 aliphatic heterocycles. The van der Waals surface area contributed by atoms with Crippen LogP contribution in [0.2, 0.25) is 0 Å². The molecule has 0 radical (unpaired) electrons. The standard InChI is InChI=1S/C27H49NO4/c29-24(16-10-5-1-2-6-12-18-25-22-31-25)17-11-9-15-21-28-27(30)20-14-8-4-3-7-13-19-26-23-32-26/h25-26H,1-23H2,(H,28,30). The molecule has 2 heterocycles. The Balaban J connectivity index is 1.22. The summed E-state index contributed by atoms with van der Waals surface area (Å²) in [6.45, 7) is 2.71. The van der Waals surface area contributed by atoms with Crippen molar-refractivity contribution in [1.82, 2.24) is 5.32 Å². The zero-order chi connectivity index (χ0) is 22.7. The van der Waals surface area contributed by atoms with Crippen molar-refractivity contribution >= 4 is 11.7 Å². The molecule has 2 saturated heterocycles. The highest BCUT2D eigenvalue weighted by molar-refractivity contribution is 5.78. The number of ketones is 1. The van der Waals surface area contributed by atoms with E-state index in [1.807, 2.05) is 0 Å².